The van der Waals surface area contributed by atoms with Crippen molar-refractivity contribution in [2.24, 2.45) is 7.05 Å². The van der Waals surface area contributed by atoms with Crippen molar-refractivity contribution < 1.29 is 42.8 Å². The normalized spacial score (nSPS) is 10.6. The minimum atomic E-state index is -0.234. The highest BCUT2D eigenvalue weighted by Gasteiger charge is 2.10. The number of ether oxygens (including phenoxy) is 2. The number of hydrogen-bond donors (Lipinski definition) is 0. The van der Waals surface area contributed by atoms with Crippen LogP contribution in [0.4, 0.5) is 0 Å². The molecule has 3 aromatic rings. The first-order chi connectivity index (χ1) is 14.7. The molecule has 0 aliphatic carbocycles. The van der Waals surface area contributed by atoms with E-state index >= 15 is 0 Å². The fraction of sp³-hybridized carbons (Fsp3) is 0.440. The van der Waals surface area contributed by atoms with Crippen LogP contribution in [0.25, 0.3) is 10.9 Å². The predicted molar refractivity (Wildman–Crippen MR) is 119 cm³/mol. The highest BCUT2D eigenvalue weighted by molar-refractivity contribution is 5.88. The van der Waals surface area contributed by atoms with Gasteiger partial charge in [0.05, 0.1) is 13.7 Å². The van der Waals surface area contributed by atoms with Gasteiger partial charge in [-0.2, -0.15) is 0 Å². The molecule has 0 bridgehead atoms. The Hall–Kier alpha value is -2.09. The third kappa shape index (κ3) is 7.83. The van der Waals surface area contributed by atoms with Crippen LogP contribution in [0.1, 0.15) is 55.3 Å². The number of nitrogens with zero attached hydrogens (tertiary/aromatic N) is 2. The van der Waals surface area contributed by atoms with E-state index in [0.717, 1.165) is 25.1 Å². The minimum Gasteiger partial charge on any atom is -1.00 e. The molecule has 2 heterocycles. The molecule has 0 saturated heterocycles. The van der Waals surface area contributed by atoms with Gasteiger partial charge in [0.1, 0.15) is 18.4 Å². The first-order valence-corrected chi connectivity index (χ1v) is 10.9. The molecule has 0 N–H and O–H groups in total. The van der Waals surface area contributed by atoms with Crippen molar-refractivity contribution in [3.05, 3.63) is 60.6 Å². The summed E-state index contributed by atoms with van der Waals surface area (Å²) in [5, 5.41) is 1.23. The number of carbonyl (C=O) groups is 1. The smallest absolute Gasteiger partial charge is 0.344 e. The van der Waals surface area contributed by atoms with E-state index in [4.69, 9.17) is 9.47 Å². The van der Waals surface area contributed by atoms with Gasteiger partial charge < -0.3 is 38.0 Å². The van der Waals surface area contributed by atoms with Crippen LogP contribution in [-0.2, 0) is 18.3 Å². The van der Waals surface area contributed by atoms with Crippen LogP contribution in [0, 0.1) is 0 Å². The van der Waals surface area contributed by atoms with E-state index in [1.165, 1.54) is 43.0 Å². The molecule has 0 atom stereocenters. The number of methoxy groups -OCH3 is 1. The zero-order chi connectivity index (χ0) is 21.2. The van der Waals surface area contributed by atoms with Crippen molar-refractivity contribution in [2.75, 3.05) is 13.7 Å². The lowest BCUT2D eigenvalue weighted by Gasteiger charge is -2.07. The number of aromatic nitrogens is 2. The molecule has 0 aliphatic rings. The number of unbranched alkanes of at least 4 members (excludes halogenated alkanes) is 6. The predicted octanol–water partition coefficient (Wildman–Crippen LogP) is 2.07. The highest BCUT2D eigenvalue weighted by atomic mass is 127. The summed E-state index contributed by atoms with van der Waals surface area (Å²) in [7, 11) is 3.60. The zero-order valence-electron chi connectivity index (χ0n) is 18.6. The van der Waals surface area contributed by atoms with Gasteiger partial charge in [-0.05, 0) is 43.2 Å². The van der Waals surface area contributed by atoms with Gasteiger partial charge in [0.25, 0.3) is 0 Å². The summed E-state index contributed by atoms with van der Waals surface area (Å²) in [6.45, 7) is 1.56. The third-order valence-corrected chi connectivity index (χ3v) is 5.43. The topological polar surface area (TPSA) is 44.3 Å². The molecule has 168 valence electrons. The van der Waals surface area contributed by atoms with Gasteiger partial charge in [-0.25, -0.2) is 9.36 Å². The van der Waals surface area contributed by atoms with E-state index in [-0.39, 0.29) is 29.9 Å². The quantitative estimate of drug-likeness (QED) is 0.154. The molecule has 0 amide bonds. The Balaban J connectivity index is 0.00000341. The Bertz CT molecular complexity index is 955. The summed E-state index contributed by atoms with van der Waals surface area (Å²) in [6.07, 6.45) is 14.0. The summed E-state index contributed by atoms with van der Waals surface area (Å²) in [5.41, 5.74) is 1.88. The minimum absolute atomic E-state index is 0. The summed E-state index contributed by atoms with van der Waals surface area (Å²) in [4.78, 5) is 12.0. The largest absolute Gasteiger partial charge is 1.00 e. The van der Waals surface area contributed by atoms with Gasteiger partial charge in [-0.15, -0.1) is 0 Å². The maximum atomic E-state index is 12.0. The lowest BCUT2D eigenvalue weighted by Crippen LogP contribution is -3.00. The Morgan fingerprint density at radius 2 is 1.74 bits per heavy atom. The number of fused-ring (bicyclic) bond motifs is 1. The number of hydrogen-bond acceptors (Lipinski definition) is 3. The second kappa shape index (κ2) is 13.3. The first kappa shape index (κ1) is 25.2. The van der Waals surface area contributed by atoms with Crippen molar-refractivity contribution in [3.63, 3.8) is 0 Å². The summed E-state index contributed by atoms with van der Waals surface area (Å²) in [5.74, 6) is 0.673. The molecule has 2 aromatic heterocycles. The molecular formula is C25H33IN2O3. The molecule has 0 saturated carbocycles. The summed E-state index contributed by atoms with van der Waals surface area (Å²) in [6, 6.07) is 12.0. The number of benzene rings is 1. The van der Waals surface area contributed by atoms with Crippen LogP contribution in [-0.4, -0.2) is 24.3 Å². The van der Waals surface area contributed by atoms with Crippen molar-refractivity contribution in [1.82, 2.24) is 4.57 Å². The van der Waals surface area contributed by atoms with Gasteiger partial charge in [-0.3, -0.25) is 0 Å². The lowest BCUT2D eigenvalue weighted by atomic mass is 10.1. The molecule has 0 fully saturated rings. The standard InChI is InChI=1S/C25H33N2O3.HI/c1-26-15-10-11-22(20-26)25(28)30-18-9-7-5-3-4-6-8-16-27-17-14-21-19-23(29-2)12-13-24(21)27;/h10-15,17,19-20H,3-9,16,18H2,1-2H3;1H/q+1;/p-1. The Kier molecular flexibility index (Phi) is 10.8. The molecular weight excluding hydrogens is 503 g/mol. The molecule has 0 unspecified atom stereocenters. The van der Waals surface area contributed by atoms with Crippen molar-refractivity contribution in [2.45, 2.75) is 51.5 Å². The van der Waals surface area contributed by atoms with Crippen LogP contribution < -0.4 is 33.3 Å². The molecule has 3 rings (SSSR count). The maximum absolute atomic E-state index is 12.0. The Labute approximate surface area is 202 Å². The lowest BCUT2D eigenvalue weighted by molar-refractivity contribution is -0.671. The average molecular weight is 536 g/mol. The number of esters is 1. The molecule has 31 heavy (non-hydrogen) atoms. The summed E-state index contributed by atoms with van der Waals surface area (Å²) < 4.78 is 14.8. The van der Waals surface area contributed by atoms with E-state index in [9.17, 15) is 4.79 Å². The number of pyridine rings is 1. The van der Waals surface area contributed by atoms with E-state index in [1.54, 1.807) is 19.4 Å². The maximum Gasteiger partial charge on any atom is 0.344 e. The fourth-order valence-electron chi connectivity index (χ4n) is 3.73. The van der Waals surface area contributed by atoms with E-state index < -0.39 is 0 Å². The van der Waals surface area contributed by atoms with Gasteiger partial charge in [0, 0.05) is 29.7 Å². The van der Waals surface area contributed by atoms with Crippen LogP contribution in [0.3, 0.4) is 0 Å². The molecule has 6 heteroatoms. The molecule has 1 aromatic carbocycles. The number of halogens is 1. The van der Waals surface area contributed by atoms with Gasteiger partial charge >= 0.3 is 5.97 Å². The van der Waals surface area contributed by atoms with Gasteiger partial charge in [0.2, 0.25) is 0 Å². The fourth-order valence-corrected chi connectivity index (χ4v) is 3.73. The molecule has 0 spiro atoms. The number of aryl methyl sites for hydroxylation is 2. The van der Waals surface area contributed by atoms with Crippen LogP contribution in [0.2, 0.25) is 0 Å². The van der Waals surface area contributed by atoms with Gasteiger partial charge in [0.15, 0.2) is 12.4 Å². The van der Waals surface area contributed by atoms with Crippen molar-refractivity contribution in [3.8, 4) is 5.75 Å². The van der Waals surface area contributed by atoms with E-state index in [1.807, 2.05) is 29.9 Å². The zero-order valence-corrected chi connectivity index (χ0v) is 20.7. The first-order valence-electron chi connectivity index (χ1n) is 10.9. The molecule has 5 nitrogen and oxygen atoms in total. The molecule has 0 radical (unpaired) electrons. The summed E-state index contributed by atoms with van der Waals surface area (Å²) >= 11 is 0. The second-order valence-corrected chi connectivity index (χ2v) is 7.80. The average Bonchev–Trinajstić information content (AvgIpc) is 3.17. The molecule has 0 aliphatic heterocycles. The van der Waals surface area contributed by atoms with E-state index in [0.29, 0.717) is 12.2 Å². The highest BCUT2D eigenvalue weighted by Crippen LogP contribution is 2.22. The van der Waals surface area contributed by atoms with E-state index in [2.05, 4.69) is 29.0 Å². The monoisotopic (exact) mass is 536 g/mol. The van der Waals surface area contributed by atoms with Crippen molar-refractivity contribution >= 4 is 16.9 Å². The third-order valence-electron chi connectivity index (χ3n) is 5.43. The van der Waals surface area contributed by atoms with Crippen LogP contribution in [0.15, 0.2) is 55.0 Å². The van der Waals surface area contributed by atoms with Crippen molar-refractivity contribution in [1.29, 1.82) is 0 Å². The number of rotatable bonds is 12. The second-order valence-electron chi connectivity index (χ2n) is 7.80. The Morgan fingerprint density at radius 3 is 2.48 bits per heavy atom. The van der Waals surface area contributed by atoms with Crippen LogP contribution >= 0.6 is 0 Å². The van der Waals surface area contributed by atoms with Gasteiger partial charge in [-0.1, -0.05) is 32.1 Å². The Morgan fingerprint density at radius 1 is 1.00 bits per heavy atom. The van der Waals surface area contributed by atoms with Crippen LogP contribution in [0.5, 0.6) is 5.75 Å². The SMILES string of the molecule is COc1ccc2c(ccn2CCCCCCCCCOC(=O)c2ccc[n+](C)c2)c1.[I-]. The number of carbonyl (C=O) groups excluding carboxylic acids is 1.